The van der Waals surface area contributed by atoms with Gasteiger partial charge in [-0.2, -0.15) is 4.31 Å². The third-order valence-electron chi connectivity index (χ3n) is 5.61. The van der Waals surface area contributed by atoms with Gasteiger partial charge in [0.15, 0.2) is 0 Å². The van der Waals surface area contributed by atoms with Crippen molar-refractivity contribution < 1.29 is 8.42 Å². The van der Waals surface area contributed by atoms with Gasteiger partial charge in [-0.3, -0.25) is 14.1 Å². The van der Waals surface area contributed by atoms with Gasteiger partial charge in [-0.15, -0.1) is 0 Å². The second-order valence-electron chi connectivity index (χ2n) is 7.75. The molecule has 10 heteroatoms. The Labute approximate surface area is 179 Å². The van der Waals surface area contributed by atoms with E-state index in [-0.39, 0.29) is 10.5 Å². The van der Waals surface area contributed by atoms with E-state index in [2.05, 4.69) is 19.9 Å². The lowest BCUT2D eigenvalue weighted by molar-refractivity contribution is 0.180. The highest BCUT2D eigenvalue weighted by Gasteiger charge is 2.30. The van der Waals surface area contributed by atoms with Gasteiger partial charge >= 0.3 is 0 Å². The minimum atomic E-state index is -3.61. The van der Waals surface area contributed by atoms with Crippen molar-refractivity contribution in [2.75, 3.05) is 26.2 Å². The zero-order chi connectivity index (χ0) is 21.6. The Hall–Kier alpha value is -3.08. The van der Waals surface area contributed by atoms with Crippen molar-refractivity contribution in [2.24, 2.45) is 0 Å². The Morgan fingerprint density at radius 1 is 1.13 bits per heavy atom. The molecular weight excluding hydrogens is 416 g/mol. The number of H-pyrrole nitrogens is 1. The molecule has 0 amide bonds. The number of aromatic amines is 1. The summed E-state index contributed by atoms with van der Waals surface area (Å²) in [7, 11) is -3.61. The summed E-state index contributed by atoms with van der Waals surface area (Å²) in [6.45, 7) is 4.32. The van der Waals surface area contributed by atoms with E-state index in [0.29, 0.717) is 55.1 Å². The van der Waals surface area contributed by atoms with E-state index < -0.39 is 10.0 Å². The van der Waals surface area contributed by atoms with Crippen molar-refractivity contribution in [1.82, 2.24) is 28.6 Å². The maximum absolute atomic E-state index is 13.1. The van der Waals surface area contributed by atoms with Crippen molar-refractivity contribution in [1.29, 1.82) is 0 Å². The number of aromatic nitrogens is 4. The maximum atomic E-state index is 13.1. The summed E-state index contributed by atoms with van der Waals surface area (Å²) in [5.74, 6) is 0. The predicted molar refractivity (Wildman–Crippen MR) is 116 cm³/mol. The Kier molecular flexibility index (Phi) is 4.84. The fourth-order valence-corrected chi connectivity index (χ4v) is 5.55. The van der Waals surface area contributed by atoms with Crippen LogP contribution in [0, 0.1) is 6.92 Å². The zero-order valence-corrected chi connectivity index (χ0v) is 17.8. The highest BCUT2D eigenvalue weighted by molar-refractivity contribution is 7.89. The first-order valence-corrected chi connectivity index (χ1v) is 11.5. The molecule has 5 heterocycles. The van der Waals surface area contributed by atoms with Gasteiger partial charge in [0, 0.05) is 62.8 Å². The van der Waals surface area contributed by atoms with E-state index in [0.717, 1.165) is 5.56 Å². The Morgan fingerprint density at radius 2 is 1.94 bits per heavy atom. The van der Waals surface area contributed by atoms with Crippen LogP contribution in [0.15, 0.2) is 58.6 Å². The fourth-order valence-electron chi connectivity index (χ4n) is 3.98. The highest BCUT2D eigenvalue weighted by Crippen LogP contribution is 2.25. The Balaban J connectivity index is 1.31. The van der Waals surface area contributed by atoms with Gasteiger partial charge in [0.05, 0.1) is 5.69 Å². The van der Waals surface area contributed by atoms with Crippen LogP contribution in [0.2, 0.25) is 0 Å². The summed E-state index contributed by atoms with van der Waals surface area (Å²) in [4.78, 5) is 26.5. The second-order valence-corrected chi connectivity index (χ2v) is 9.66. The standard InChI is InChI=1S/C21H22N6O3S/c1-15-4-5-19-24-16(11-20(28)27(19)13-15)14-25-7-9-26(10-8-25)31(29,30)18-12-23-21-17(18)3-2-6-22-21/h2-6,11-13H,7-10,14H2,1H3,(H,22,23). The summed E-state index contributed by atoms with van der Waals surface area (Å²) < 4.78 is 29.3. The largest absolute Gasteiger partial charge is 0.345 e. The molecule has 1 N–H and O–H groups in total. The van der Waals surface area contributed by atoms with Crippen LogP contribution < -0.4 is 5.56 Å². The number of hydrogen-bond donors (Lipinski definition) is 1. The first-order chi connectivity index (χ1) is 14.9. The predicted octanol–water partition coefficient (Wildman–Crippen LogP) is 1.39. The molecule has 5 rings (SSSR count). The third kappa shape index (κ3) is 3.62. The van der Waals surface area contributed by atoms with Crippen molar-refractivity contribution >= 4 is 26.7 Å². The summed E-state index contributed by atoms with van der Waals surface area (Å²) in [6.07, 6.45) is 4.91. The lowest BCUT2D eigenvalue weighted by Crippen LogP contribution is -2.48. The van der Waals surface area contributed by atoms with E-state index in [9.17, 15) is 13.2 Å². The van der Waals surface area contributed by atoms with Crippen LogP contribution in [0.5, 0.6) is 0 Å². The molecule has 0 saturated carbocycles. The van der Waals surface area contributed by atoms with Crippen molar-refractivity contribution in [3.63, 3.8) is 0 Å². The molecule has 0 atom stereocenters. The van der Waals surface area contributed by atoms with Crippen LogP contribution in [0.4, 0.5) is 0 Å². The summed E-state index contributed by atoms with van der Waals surface area (Å²) >= 11 is 0. The number of piperazine rings is 1. The SMILES string of the molecule is Cc1ccc2nc(CN3CCN(S(=O)(=O)c4c[nH]c5ncccc45)CC3)cc(=O)n2c1. The molecule has 31 heavy (non-hydrogen) atoms. The number of nitrogens with zero attached hydrogens (tertiary/aromatic N) is 5. The molecule has 9 nitrogen and oxygen atoms in total. The first-order valence-electron chi connectivity index (χ1n) is 10.1. The summed E-state index contributed by atoms with van der Waals surface area (Å²) in [6, 6.07) is 8.80. The summed E-state index contributed by atoms with van der Waals surface area (Å²) in [5.41, 5.74) is 2.74. The molecule has 1 saturated heterocycles. The van der Waals surface area contributed by atoms with Crippen LogP contribution >= 0.6 is 0 Å². The molecule has 0 aromatic carbocycles. The molecule has 1 aliphatic rings. The number of fused-ring (bicyclic) bond motifs is 2. The van der Waals surface area contributed by atoms with E-state index in [4.69, 9.17) is 0 Å². The lowest BCUT2D eigenvalue weighted by Gasteiger charge is -2.33. The van der Waals surface area contributed by atoms with Crippen molar-refractivity contribution in [3.8, 4) is 0 Å². The Morgan fingerprint density at radius 3 is 2.74 bits per heavy atom. The van der Waals surface area contributed by atoms with Crippen LogP contribution in [-0.4, -0.2) is 63.2 Å². The monoisotopic (exact) mass is 438 g/mol. The lowest BCUT2D eigenvalue weighted by atomic mass is 10.3. The van der Waals surface area contributed by atoms with Crippen molar-refractivity contribution in [2.45, 2.75) is 18.4 Å². The second kappa shape index (κ2) is 7.56. The molecule has 1 fully saturated rings. The smallest absolute Gasteiger partial charge is 0.258 e. The minimum absolute atomic E-state index is 0.113. The number of rotatable bonds is 4. The first kappa shape index (κ1) is 19.9. The fraction of sp³-hybridized carbons (Fsp3) is 0.286. The van der Waals surface area contributed by atoms with Crippen LogP contribution in [0.25, 0.3) is 16.7 Å². The number of pyridine rings is 2. The van der Waals surface area contributed by atoms with Crippen molar-refractivity contribution in [3.05, 3.63) is 70.5 Å². The summed E-state index contributed by atoms with van der Waals surface area (Å²) in [5, 5.41) is 0.598. The highest BCUT2D eigenvalue weighted by atomic mass is 32.2. The van der Waals surface area contributed by atoms with E-state index in [1.54, 1.807) is 35.0 Å². The Bertz CT molecular complexity index is 1430. The molecular formula is C21H22N6O3S. The topological polar surface area (TPSA) is 104 Å². The minimum Gasteiger partial charge on any atom is -0.345 e. The van der Waals surface area contributed by atoms with Gasteiger partial charge in [-0.1, -0.05) is 6.07 Å². The quantitative estimate of drug-likeness (QED) is 0.516. The van der Waals surface area contributed by atoms with Gasteiger partial charge < -0.3 is 4.98 Å². The molecule has 0 spiro atoms. The van der Waals surface area contributed by atoms with E-state index >= 15 is 0 Å². The van der Waals surface area contributed by atoms with Gasteiger partial charge in [0.2, 0.25) is 10.0 Å². The van der Waals surface area contributed by atoms with Gasteiger partial charge in [-0.25, -0.2) is 18.4 Å². The van der Waals surface area contributed by atoms with E-state index in [1.165, 1.54) is 10.5 Å². The number of aryl methyl sites for hydroxylation is 1. The van der Waals surface area contributed by atoms with Gasteiger partial charge in [0.1, 0.15) is 16.2 Å². The average Bonchev–Trinajstić information content (AvgIpc) is 3.20. The van der Waals surface area contributed by atoms with Crippen LogP contribution in [0.1, 0.15) is 11.3 Å². The van der Waals surface area contributed by atoms with E-state index in [1.807, 2.05) is 19.1 Å². The normalized spacial score (nSPS) is 16.3. The van der Waals surface area contributed by atoms with Gasteiger partial charge in [-0.05, 0) is 30.7 Å². The number of nitrogens with one attached hydrogen (secondary N) is 1. The molecule has 1 aliphatic heterocycles. The third-order valence-corrected chi connectivity index (χ3v) is 7.55. The van der Waals surface area contributed by atoms with Crippen LogP contribution in [0.3, 0.4) is 0 Å². The number of hydrogen-bond acceptors (Lipinski definition) is 6. The molecule has 160 valence electrons. The molecule has 0 radical (unpaired) electrons. The average molecular weight is 439 g/mol. The zero-order valence-electron chi connectivity index (χ0n) is 17.0. The molecule has 0 bridgehead atoms. The molecule has 0 unspecified atom stereocenters. The maximum Gasteiger partial charge on any atom is 0.258 e. The molecule has 4 aromatic rings. The van der Waals surface area contributed by atoms with Crippen LogP contribution in [-0.2, 0) is 16.6 Å². The molecule has 4 aromatic heterocycles. The number of sulfonamides is 1. The molecule has 0 aliphatic carbocycles. The van der Waals surface area contributed by atoms with Gasteiger partial charge in [0.25, 0.3) is 5.56 Å².